The quantitative estimate of drug-likeness (QED) is 0.745. The van der Waals surface area contributed by atoms with Crippen LogP contribution in [0, 0.1) is 5.92 Å². The van der Waals surface area contributed by atoms with Crippen molar-refractivity contribution in [1.82, 2.24) is 9.88 Å². The first kappa shape index (κ1) is 15.5. The van der Waals surface area contributed by atoms with E-state index in [4.69, 9.17) is 0 Å². The summed E-state index contributed by atoms with van der Waals surface area (Å²) in [5, 5.41) is 4.95. The summed E-state index contributed by atoms with van der Waals surface area (Å²) in [7, 11) is 0. The average Bonchev–Trinajstić information content (AvgIpc) is 2.80. The predicted molar refractivity (Wildman–Crippen MR) is 91.7 cm³/mol. The van der Waals surface area contributed by atoms with Crippen LogP contribution in [0.15, 0.2) is 30.5 Å². The molecule has 0 bridgehead atoms. The van der Waals surface area contributed by atoms with Crippen molar-refractivity contribution in [3.8, 4) is 0 Å². The zero-order valence-corrected chi connectivity index (χ0v) is 13.7. The number of thioether (sulfide) groups is 1. The molecule has 2 nitrogen and oxygen atoms in total. The van der Waals surface area contributed by atoms with Gasteiger partial charge in [0.15, 0.2) is 0 Å². The fraction of sp³-hybridized carbons (Fsp3) is 0.529. The Bertz CT molecular complexity index is 531. The number of aryl methyl sites for hydroxylation is 1. The maximum atomic E-state index is 3.54. The summed E-state index contributed by atoms with van der Waals surface area (Å²) in [6, 6.07) is 8.77. The van der Waals surface area contributed by atoms with E-state index in [2.05, 4.69) is 60.4 Å². The van der Waals surface area contributed by atoms with Gasteiger partial charge in [0.2, 0.25) is 0 Å². The first-order valence-electron chi connectivity index (χ1n) is 7.48. The Kier molecular flexibility index (Phi) is 5.99. The summed E-state index contributed by atoms with van der Waals surface area (Å²) in [6.07, 6.45) is 5.62. The van der Waals surface area contributed by atoms with Gasteiger partial charge in [0, 0.05) is 29.4 Å². The lowest BCUT2D eigenvalue weighted by atomic mass is 10.1. The smallest absolute Gasteiger partial charge is 0.0483 e. The van der Waals surface area contributed by atoms with Crippen LogP contribution < -0.4 is 5.32 Å². The van der Waals surface area contributed by atoms with Crippen molar-refractivity contribution in [1.29, 1.82) is 0 Å². The van der Waals surface area contributed by atoms with Crippen LogP contribution in [0.25, 0.3) is 10.9 Å². The zero-order chi connectivity index (χ0) is 14.4. The molecule has 2 aromatic rings. The number of benzene rings is 1. The summed E-state index contributed by atoms with van der Waals surface area (Å²) < 4.78 is 2.41. The molecule has 1 aromatic heterocycles. The van der Waals surface area contributed by atoms with Gasteiger partial charge in [0.1, 0.15) is 0 Å². The SMILES string of the molecule is CSCCn1cc(CCNCC(C)C)c2ccccc21. The lowest BCUT2D eigenvalue weighted by Gasteiger charge is -2.06. The van der Waals surface area contributed by atoms with Crippen LogP contribution in [0.2, 0.25) is 0 Å². The highest BCUT2D eigenvalue weighted by atomic mass is 32.2. The molecule has 1 aromatic carbocycles. The van der Waals surface area contributed by atoms with Gasteiger partial charge >= 0.3 is 0 Å². The van der Waals surface area contributed by atoms with Crippen molar-refractivity contribution >= 4 is 22.7 Å². The minimum atomic E-state index is 0.720. The Hall–Kier alpha value is -0.930. The second-order valence-corrected chi connectivity index (χ2v) is 6.69. The molecule has 0 aliphatic carbocycles. The lowest BCUT2D eigenvalue weighted by molar-refractivity contribution is 0.554. The molecule has 2 rings (SSSR count). The summed E-state index contributed by atoms with van der Waals surface area (Å²) in [6.45, 7) is 7.77. The minimum Gasteiger partial charge on any atom is -0.346 e. The van der Waals surface area contributed by atoms with Crippen molar-refractivity contribution in [2.24, 2.45) is 5.92 Å². The summed E-state index contributed by atoms with van der Waals surface area (Å²) in [4.78, 5) is 0. The van der Waals surface area contributed by atoms with Crippen molar-refractivity contribution in [2.45, 2.75) is 26.8 Å². The van der Waals surface area contributed by atoms with Crippen molar-refractivity contribution in [2.75, 3.05) is 25.1 Å². The molecular formula is C17H26N2S. The van der Waals surface area contributed by atoms with Crippen molar-refractivity contribution < 1.29 is 0 Å². The van der Waals surface area contributed by atoms with Gasteiger partial charge in [-0.2, -0.15) is 11.8 Å². The molecule has 0 amide bonds. The van der Waals surface area contributed by atoms with Crippen LogP contribution in [0.1, 0.15) is 19.4 Å². The normalized spacial score (nSPS) is 11.6. The van der Waals surface area contributed by atoms with Gasteiger partial charge in [-0.25, -0.2) is 0 Å². The molecule has 110 valence electrons. The number of nitrogens with zero attached hydrogens (tertiary/aromatic N) is 1. The van der Waals surface area contributed by atoms with Crippen LogP contribution in [-0.4, -0.2) is 29.7 Å². The highest BCUT2D eigenvalue weighted by molar-refractivity contribution is 7.98. The third-order valence-corrected chi connectivity index (χ3v) is 4.12. The monoisotopic (exact) mass is 290 g/mol. The van der Waals surface area contributed by atoms with E-state index in [9.17, 15) is 0 Å². The molecule has 0 aliphatic rings. The highest BCUT2D eigenvalue weighted by Crippen LogP contribution is 2.22. The topological polar surface area (TPSA) is 17.0 Å². The number of aromatic nitrogens is 1. The van der Waals surface area contributed by atoms with E-state index < -0.39 is 0 Å². The molecular weight excluding hydrogens is 264 g/mol. The Morgan fingerprint density at radius 3 is 2.80 bits per heavy atom. The van der Waals surface area contributed by atoms with Gasteiger partial charge in [-0.15, -0.1) is 0 Å². The molecule has 0 saturated carbocycles. The van der Waals surface area contributed by atoms with Gasteiger partial charge in [0.25, 0.3) is 0 Å². The number of para-hydroxylation sites is 1. The molecule has 0 atom stereocenters. The standard InChI is InChI=1S/C17H26N2S/c1-14(2)12-18-9-8-15-13-19(10-11-20-3)17-7-5-4-6-16(15)17/h4-7,13-14,18H,8-12H2,1-3H3. The fourth-order valence-corrected chi connectivity index (χ4v) is 2.89. The zero-order valence-electron chi connectivity index (χ0n) is 12.9. The van der Waals surface area contributed by atoms with E-state index in [1.54, 1.807) is 0 Å². The van der Waals surface area contributed by atoms with E-state index in [-0.39, 0.29) is 0 Å². The molecule has 20 heavy (non-hydrogen) atoms. The molecule has 1 heterocycles. The van der Waals surface area contributed by atoms with Crippen LogP contribution in [-0.2, 0) is 13.0 Å². The second-order valence-electron chi connectivity index (χ2n) is 5.71. The van der Waals surface area contributed by atoms with E-state index in [0.717, 1.165) is 32.0 Å². The maximum absolute atomic E-state index is 3.54. The van der Waals surface area contributed by atoms with E-state index in [1.165, 1.54) is 22.2 Å². The molecule has 0 spiro atoms. The maximum Gasteiger partial charge on any atom is 0.0483 e. The van der Waals surface area contributed by atoms with Gasteiger partial charge in [0.05, 0.1) is 0 Å². The Balaban J connectivity index is 2.08. The van der Waals surface area contributed by atoms with E-state index >= 15 is 0 Å². The minimum absolute atomic E-state index is 0.720. The van der Waals surface area contributed by atoms with Crippen LogP contribution in [0.4, 0.5) is 0 Å². The molecule has 0 aliphatic heterocycles. The van der Waals surface area contributed by atoms with Crippen LogP contribution in [0.5, 0.6) is 0 Å². The molecule has 0 fully saturated rings. The van der Waals surface area contributed by atoms with E-state index in [0.29, 0.717) is 0 Å². The third-order valence-electron chi connectivity index (χ3n) is 3.53. The molecule has 0 saturated heterocycles. The van der Waals surface area contributed by atoms with E-state index in [1.807, 2.05) is 11.8 Å². The number of hydrogen-bond acceptors (Lipinski definition) is 2. The number of nitrogens with one attached hydrogen (secondary N) is 1. The Morgan fingerprint density at radius 2 is 2.05 bits per heavy atom. The number of hydrogen-bond donors (Lipinski definition) is 1. The summed E-state index contributed by atoms with van der Waals surface area (Å²) in [5.41, 5.74) is 2.85. The van der Waals surface area contributed by atoms with Crippen molar-refractivity contribution in [3.05, 3.63) is 36.0 Å². The lowest BCUT2D eigenvalue weighted by Crippen LogP contribution is -2.22. The van der Waals surface area contributed by atoms with Gasteiger partial charge < -0.3 is 9.88 Å². The van der Waals surface area contributed by atoms with Gasteiger partial charge in [-0.3, -0.25) is 0 Å². The second kappa shape index (κ2) is 7.75. The first-order valence-corrected chi connectivity index (χ1v) is 8.88. The van der Waals surface area contributed by atoms with Crippen LogP contribution >= 0.6 is 11.8 Å². The van der Waals surface area contributed by atoms with Crippen molar-refractivity contribution in [3.63, 3.8) is 0 Å². The number of fused-ring (bicyclic) bond motifs is 1. The van der Waals surface area contributed by atoms with Gasteiger partial charge in [-0.05, 0) is 43.3 Å². The molecule has 0 unspecified atom stereocenters. The third kappa shape index (κ3) is 4.03. The highest BCUT2D eigenvalue weighted by Gasteiger charge is 2.07. The Labute approximate surface area is 126 Å². The fourth-order valence-electron chi connectivity index (χ4n) is 2.51. The Morgan fingerprint density at radius 1 is 1.25 bits per heavy atom. The molecule has 1 N–H and O–H groups in total. The largest absolute Gasteiger partial charge is 0.346 e. The van der Waals surface area contributed by atoms with Crippen LogP contribution in [0.3, 0.4) is 0 Å². The first-order chi connectivity index (χ1) is 9.72. The molecule has 3 heteroatoms. The summed E-state index contributed by atoms with van der Waals surface area (Å²) >= 11 is 1.91. The molecule has 0 radical (unpaired) electrons. The predicted octanol–water partition coefficient (Wildman–Crippen LogP) is 3.79. The average molecular weight is 290 g/mol. The van der Waals surface area contributed by atoms with Gasteiger partial charge in [-0.1, -0.05) is 32.0 Å². The summed E-state index contributed by atoms with van der Waals surface area (Å²) in [5.74, 6) is 1.89. The number of rotatable bonds is 8.